The first kappa shape index (κ1) is 16.0. The second-order valence-electron chi connectivity index (χ2n) is 6.24. The number of aromatic nitrogens is 3. The van der Waals surface area contributed by atoms with Gasteiger partial charge in [0, 0.05) is 34.6 Å². The van der Waals surface area contributed by atoms with E-state index < -0.39 is 5.63 Å². The van der Waals surface area contributed by atoms with Crippen LogP contribution in [0.4, 0.5) is 5.69 Å². The lowest BCUT2D eigenvalue weighted by Crippen LogP contribution is -2.13. The molecular formula is C19H16N4O3. The lowest BCUT2D eigenvalue weighted by molar-refractivity contribution is 0.102. The molecule has 0 aliphatic carbocycles. The Morgan fingerprint density at radius 1 is 1.15 bits per heavy atom. The summed E-state index contributed by atoms with van der Waals surface area (Å²) in [6.45, 7) is 5.64. The van der Waals surface area contributed by atoms with Crippen LogP contribution < -0.4 is 10.9 Å². The second-order valence-corrected chi connectivity index (χ2v) is 6.24. The smallest absolute Gasteiger partial charge is 0.336 e. The minimum atomic E-state index is -0.422. The maximum atomic E-state index is 12.7. The van der Waals surface area contributed by atoms with E-state index in [1.165, 1.54) is 6.07 Å². The van der Waals surface area contributed by atoms with Gasteiger partial charge in [0.25, 0.3) is 5.91 Å². The van der Waals surface area contributed by atoms with Gasteiger partial charge in [-0.05, 0) is 44.5 Å². The van der Waals surface area contributed by atoms with Crippen molar-refractivity contribution in [1.82, 2.24) is 14.4 Å². The van der Waals surface area contributed by atoms with Gasteiger partial charge in [-0.15, -0.1) is 0 Å². The van der Waals surface area contributed by atoms with E-state index >= 15 is 0 Å². The third kappa shape index (κ3) is 2.63. The Morgan fingerprint density at radius 3 is 2.77 bits per heavy atom. The molecule has 7 nitrogen and oxygen atoms in total. The number of aryl methyl sites for hydroxylation is 3. The summed E-state index contributed by atoms with van der Waals surface area (Å²) in [5.41, 5.74) is 3.84. The summed E-state index contributed by atoms with van der Waals surface area (Å²) in [7, 11) is 0. The summed E-state index contributed by atoms with van der Waals surface area (Å²) in [6, 6.07) is 8.55. The van der Waals surface area contributed by atoms with Gasteiger partial charge in [-0.25, -0.2) is 14.8 Å². The molecular weight excluding hydrogens is 332 g/mol. The average molecular weight is 348 g/mol. The Hall–Kier alpha value is -3.48. The number of hydrogen-bond acceptors (Lipinski definition) is 5. The first-order valence-corrected chi connectivity index (χ1v) is 8.09. The van der Waals surface area contributed by atoms with Gasteiger partial charge in [0.05, 0.1) is 0 Å². The number of nitrogens with zero attached hydrogens (tertiary/aromatic N) is 3. The lowest BCUT2D eigenvalue weighted by atomic mass is 10.1. The van der Waals surface area contributed by atoms with E-state index in [-0.39, 0.29) is 11.6 Å². The van der Waals surface area contributed by atoms with E-state index in [9.17, 15) is 9.59 Å². The molecule has 0 atom stereocenters. The summed E-state index contributed by atoms with van der Waals surface area (Å²) < 4.78 is 6.99. The fraction of sp³-hybridized carbons (Fsp3) is 0.158. The van der Waals surface area contributed by atoms with Crippen LogP contribution in [0.25, 0.3) is 16.6 Å². The molecule has 3 aromatic heterocycles. The van der Waals surface area contributed by atoms with E-state index in [4.69, 9.17) is 4.42 Å². The summed E-state index contributed by atoms with van der Waals surface area (Å²) in [4.78, 5) is 32.8. The second kappa shape index (κ2) is 5.80. The zero-order valence-corrected chi connectivity index (χ0v) is 14.5. The highest BCUT2D eigenvalue weighted by Crippen LogP contribution is 2.21. The quantitative estimate of drug-likeness (QED) is 0.563. The molecule has 0 aliphatic rings. The Morgan fingerprint density at radius 2 is 1.96 bits per heavy atom. The predicted octanol–water partition coefficient (Wildman–Crippen LogP) is 3.01. The van der Waals surface area contributed by atoms with Gasteiger partial charge in [0.1, 0.15) is 11.9 Å². The molecule has 4 aromatic rings. The van der Waals surface area contributed by atoms with Gasteiger partial charge in [0.15, 0.2) is 11.3 Å². The molecule has 26 heavy (non-hydrogen) atoms. The SMILES string of the molecule is Cc1cc(C)n2cnc(C(=O)Nc3ccc4c(C)cc(=O)oc4c3)c2n1. The van der Waals surface area contributed by atoms with Crippen molar-refractivity contribution < 1.29 is 9.21 Å². The van der Waals surface area contributed by atoms with Crippen LogP contribution in [0.3, 0.4) is 0 Å². The molecule has 1 aromatic carbocycles. The largest absolute Gasteiger partial charge is 0.423 e. The highest BCUT2D eigenvalue weighted by molar-refractivity contribution is 6.07. The van der Waals surface area contributed by atoms with Gasteiger partial charge in [0.2, 0.25) is 0 Å². The van der Waals surface area contributed by atoms with Crippen molar-refractivity contribution in [2.24, 2.45) is 0 Å². The maximum Gasteiger partial charge on any atom is 0.336 e. The van der Waals surface area contributed by atoms with Crippen LogP contribution in [-0.4, -0.2) is 20.3 Å². The fourth-order valence-corrected chi connectivity index (χ4v) is 3.03. The number of amides is 1. The van der Waals surface area contributed by atoms with Crippen molar-refractivity contribution in [1.29, 1.82) is 0 Å². The monoisotopic (exact) mass is 348 g/mol. The van der Waals surface area contributed by atoms with Crippen molar-refractivity contribution in [3.05, 3.63) is 69.7 Å². The number of carbonyl (C=O) groups excluding carboxylic acids is 1. The molecule has 0 unspecified atom stereocenters. The minimum Gasteiger partial charge on any atom is -0.423 e. The fourth-order valence-electron chi connectivity index (χ4n) is 3.03. The van der Waals surface area contributed by atoms with Crippen LogP contribution in [0.15, 0.2) is 45.9 Å². The molecule has 0 saturated carbocycles. The number of benzene rings is 1. The number of carbonyl (C=O) groups is 1. The molecule has 7 heteroatoms. The third-order valence-corrected chi connectivity index (χ3v) is 4.25. The normalized spacial score (nSPS) is 11.2. The van der Waals surface area contributed by atoms with Gasteiger partial charge >= 0.3 is 5.63 Å². The summed E-state index contributed by atoms with van der Waals surface area (Å²) >= 11 is 0. The van der Waals surface area contributed by atoms with Crippen molar-refractivity contribution in [3.63, 3.8) is 0 Å². The Labute approximate surface area is 148 Å². The number of hydrogen-bond donors (Lipinski definition) is 1. The number of fused-ring (bicyclic) bond motifs is 2. The molecule has 1 amide bonds. The van der Waals surface area contributed by atoms with Gasteiger partial charge in [-0.1, -0.05) is 0 Å². The topological polar surface area (TPSA) is 89.5 Å². The maximum absolute atomic E-state index is 12.7. The molecule has 3 heterocycles. The average Bonchev–Trinajstić information content (AvgIpc) is 2.98. The zero-order valence-electron chi connectivity index (χ0n) is 14.5. The van der Waals surface area contributed by atoms with E-state index in [0.29, 0.717) is 16.9 Å². The van der Waals surface area contributed by atoms with E-state index in [1.54, 1.807) is 28.9 Å². The lowest BCUT2D eigenvalue weighted by Gasteiger charge is -2.06. The molecule has 4 rings (SSSR count). The predicted molar refractivity (Wildman–Crippen MR) is 97.6 cm³/mol. The van der Waals surface area contributed by atoms with E-state index in [1.807, 2.05) is 26.8 Å². The first-order chi connectivity index (χ1) is 12.4. The number of nitrogens with one attached hydrogen (secondary N) is 1. The highest BCUT2D eigenvalue weighted by Gasteiger charge is 2.16. The molecule has 0 bridgehead atoms. The Bertz CT molecular complexity index is 1240. The molecule has 0 aliphatic heterocycles. The summed E-state index contributed by atoms with van der Waals surface area (Å²) in [5.74, 6) is -0.376. The molecule has 0 spiro atoms. The van der Waals surface area contributed by atoms with E-state index in [0.717, 1.165) is 22.3 Å². The minimum absolute atomic E-state index is 0.239. The molecule has 1 N–H and O–H groups in total. The van der Waals surface area contributed by atoms with Crippen LogP contribution in [0.2, 0.25) is 0 Å². The summed E-state index contributed by atoms with van der Waals surface area (Å²) in [5, 5.41) is 3.61. The van der Waals surface area contributed by atoms with Crippen LogP contribution in [0.5, 0.6) is 0 Å². The molecule has 0 radical (unpaired) electrons. The number of anilines is 1. The van der Waals surface area contributed by atoms with Crippen molar-refractivity contribution in [3.8, 4) is 0 Å². The Kier molecular flexibility index (Phi) is 3.57. The van der Waals surface area contributed by atoms with Crippen molar-refractivity contribution in [2.45, 2.75) is 20.8 Å². The van der Waals surface area contributed by atoms with Gasteiger partial charge in [-0.3, -0.25) is 9.20 Å². The number of rotatable bonds is 2. The number of imidazole rings is 1. The molecule has 130 valence electrons. The molecule has 0 saturated heterocycles. The first-order valence-electron chi connectivity index (χ1n) is 8.09. The summed E-state index contributed by atoms with van der Waals surface area (Å²) in [6.07, 6.45) is 1.58. The standard InChI is InChI=1S/C19H16N4O3/c1-10-6-16(24)26-15-8-13(4-5-14(10)15)22-19(25)17-18-21-11(2)7-12(3)23(18)9-20-17/h4-9H,1-3H3,(H,22,25). The highest BCUT2D eigenvalue weighted by atomic mass is 16.4. The molecule has 0 fully saturated rings. The third-order valence-electron chi connectivity index (χ3n) is 4.25. The van der Waals surface area contributed by atoms with Gasteiger partial charge < -0.3 is 9.73 Å². The van der Waals surface area contributed by atoms with Crippen LogP contribution >= 0.6 is 0 Å². The van der Waals surface area contributed by atoms with Crippen LogP contribution in [0.1, 0.15) is 27.4 Å². The zero-order chi connectivity index (χ0) is 18.4. The Balaban J connectivity index is 1.73. The van der Waals surface area contributed by atoms with Crippen LogP contribution in [0, 0.1) is 20.8 Å². The van der Waals surface area contributed by atoms with E-state index in [2.05, 4.69) is 15.3 Å². The van der Waals surface area contributed by atoms with Gasteiger partial charge in [-0.2, -0.15) is 0 Å². The van der Waals surface area contributed by atoms with Crippen molar-refractivity contribution >= 4 is 28.2 Å². The van der Waals surface area contributed by atoms with Crippen molar-refractivity contribution in [2.75, 3.05) is 5.32 Å². The van der Waals surface area contributed by atoms with Crippen LogP contribution in [-0.2, 0) is 0 Å².